The van der Waals surface area contributed by atoms with Crippen molar-refractivity contribution in [3.05, 3.63) is 0 Å². The van der Waals surface area contributed by atoms with Crippen LogP contribution in [0, 0.1) is 5.92 Å². The molecule has 0 aromatic carbocycles. The molecule has 1 unspecified atom stereocenters. The number of halogens is 1. The van der Waals surface area contributed by atoms with Crippen molar-refractivity contribution < 1.29 is 8.42 Å². The van der Waals surface area contributed by atoms with Crippen LogP contribution in [0.1, 0.15) is 52.4 Å². The molecule has 1 aliphatic carbocycles. The molecule has 1 atom stereocenters. The molecular weight excluding hydrogens is 413 g/mol. The number of hydrogen-bond donors (Lipinski definition) is 2. The van der Waals surface area contributed by atoms with Crippen LogP contribution in [0.25, 0.3) is 0 Å². The Morgan fingerprint density at radius 3 is 2.41 bits per heavy atom. The Bertz CT molecular complexity index is 459. The lowest BCUT2D eigenvalue weighted by Crippen LogP contribution is -2.46. The highest BCUT2D eigenvalue weighted by molar-refractivity contribution is 14.0. The van der Waals surface area contributed by atoms with Crippen LogP contribution < -0.4 is 10.6 Å². The van der Waals surface area contributed by atoms with Crippen LogP contribution in [0.5, 0.6) is 0 Å². The van der Waals surface area contributed by atoms with Gasteiger partial charge in [0.05, 0.1) is 11.5 Å². The van der Waals surface area contributed by atoms with Gasteiger partial charge in [-0.3, -0.25) is 4.99 Å². The highest BCUT2D eigenvalue weighted by atomic mass is 127. The van der Waals surface area contributed by atoms with E-state index in [1.54, 1.807) is 0 Å². The summed E-state index contributed by atoms with van der Waals surface area (Å²) in [6.45, 7) is 4.80. The number of hydrogen-bond acceptors (Lipinski definition) is 3. The largest absolute Gasteiger partial charge is 0.354 e. The molecule has 0 aromatic rings. The van der Waals surface area contributed by atoms with Crippen molar-refractivity contribution >= 4 is 39.8 Å². The molecule has 1 saturated carbocycles. The minimum atomic E-state index is -2.80. The summed E-state index contributed by atoms with van der Waals surface area (Å²) in [7, 11) is -2.80. The number of rotatable bonds is 4. The van der Waals surface area contributed by atoms with Gasteiger partial charge in [-0.15, -0.1) is 24.0 Å². The Kier molecular flexibility index (Phi) is 8.45. The first-order valence-electron chi connectivity index (χ1n) is 8.22. The van der Waals surface area contributed by atoms with Crippen LogP contribution in [0.3, 0.4) is 0 Å². The van der Waals surface area contributed by atoms with Crippen molar-refractivity contribution in [2.24, 2.45) is 10.9 Å². The molecule has 0 bridgehead atoms. The lowest BCUT2D eigenvalue weighted by Gasteiger charge is -2.26. The van der Waals surface area contributed by atoms with Crippen molar-refractivity contribution in [1.29, 1.82) is 0 Å². The Labute approximate surface area is 152 Å². The normalized spacial score (nSPS) is 25.8. The second-order valence-corrected chi connectivity index (χ2v) is 8.97. The van der Waals surface area contributed by atoms with Gasteiger partial charge in [-0.25, -0.2) is 8.42 Å². The third-order valence-electron chi connectivity index (χ3n) is 4.21. The first-order chi connectivity index (χ1) is 9.94. The third kappa shape index (κ3) is 7.02. The second-order valence-electron chi connectivity index (χ2n) is 6.74. The van der Waals surface area contributed by atoms with Gasteiger partial charge in [-0.05, 0) is 39.0 Å². The minimum absolute atomic E-state index is 0. The van der Waals surface area contributed by atoms with Crippen LogP contribution >= 0.6 is 24.0 Å². The van der Waals surface area contributed by atoms with Gasteiger partial charge in [0, 0.05) is 18.6 Å². The summed E-state index contributed by atoms with van der Waals surface area (Å²) in [5.41, 5.74) is 0. The molecule has 0 radical (unpaired) electrons. The zero-order valence-electron chi connectivity index (χ0n) is 13.7. The fourth-order valence-corrected chi connectivity index (χ4v) is 4.93. The van der Waals surface area contributed by atoms with Crippen LogP contribution in [0.15, 0.2) is 4.99 Å². The molecule has 0 spiro atoms. The van der Waals surface area contributed by atoms with Gasteiger partial charge in [-0.1, -0.05) is 19.3 Å². The second kappa shape index (κ2) is 9.30. The predicted molar refractivity (Wildman–Crippen MR) is 103 cm³/mol. The van der Waals surface area contributed by atoms with E-state index in [4.69, 9.17) is 0 Å². The average molecular weight is 443 g/mol. The summed E-state index contributed by atoms with van der Waals surface area (Å²) in [5, 5.41) is 6.88. The first-order valence-corrected chi connectivity index (χ1v) is 10.0. The Balaban J connectivity index is 0.00000242. The van der Waals surface area contributed by atoms with E-state index < -0.39 is 9.84 Å². The van der Waals surface area contributed by atoms with Crippen LogP contribution in [0.2, 0.25) is 0 Å². The number of guanidine groups is 1. The van der Waals surface area contributed by atoms with E-state index in [9.17, 15) is 8.42 Å². The lowest BCUT2D eigenvalue weighted by molar-refractivity contribution is 0.408. The molecule has 0 amide bonds. The molecule has 5 nitrogen and oxygen atoms in total. The number of sulfone groups is 1. The zero-order chi connectivity index (χ0) is 15.3. The van der Waals surface area contributed by atoms with E-state index in [1.807, 2.05) is 0 Å². The summed E-state index contributed by atoms with van der Waals surface area (Å²) in [6, 6.07) is 0.836. The van der Waals surface area contributed by atoms with Gasteiger partial charge in [0.2, 0.25) is 0 Å². The summed E-state index contributed by atoms with van der Waals surface area (Å²) < 4.78 is 23.0. The maximum absolute atomic E-state index is 11.5. The molecule has 22 heavy (non-hydrogen) atoms. The van der Waals surface area contributed by atoms with Gasteiger partial charge in [0.25, 0.3) is 0 Å². The topological polar surface area (TPSA) is 70.6 Å². The van der Waals surface area contributed by atoms with Crippen molar-refractivity contribution in [2.45, 2.75) is 64.5 Å². The zero-order valence-corrected chi connectivity index (χ0v) is 16.8. The van der Waals surface area contributed by atoms with E-state index in [0.29, 0.717) is 30.1 Å². The minimum Gasteiger partial charge on any atom is -0.354 e. The first kappa shape index (κ1) is 20.0. The SMILES string of the molecule is CC(C)NC(=NCC1CCS(=O)(=O)C1)NC1CCCCC1.I. The van der Waals surface area contributed by atoms with Crippen molar-refractivity contribution in [3.63, 3.8) is 0 Å². The standard InChI is InChI=1S/C15H29N3O2S.HI/c1-12(2)17-15(18-14-6-4-3-5-7-14)16-10-13-8-9-21(19,20)11-13;/h12-14H,3-11H2,1-2H3,(H2,16,17,18);1H. The van der Waals surface area contributed by atoms with Crippen molar-refractivity contribution in [3.8, 4) is 0 Å². The molecule has 0 aromatic heterocycles. The fourth-order valence-electron chi connectivity index (χ4n) is 3.08. The fraction of sp³-hybridized carbons (Fsp3) is 0.933. The van der Waals surface area contributed by atoms with Gasteiger partial charge < -0.3 is 10.6 Å². The van der Waals surface area contributed by atoms with Gasteiger partial charge in [-0.2, -0.15) is 0 Å². The molecular formula is C15H30IN3O2S. The van der Waals surface area contributed by atoms with Crippen LogP contribution in [-0.2, 0) is 9.84 Å². The smallest absolute Gasteiger partial charge is 0.191 e. The lowest BCUT2D eigenvalue weighted by atomic mass is 9.96. The van der Waals surface area contributed by atoms with Crippen molar-refractivity contribution in [2.75, 3.05) is 18.1 Å². The highest BCUT2D eigenvalue weighted by Gasteiger charge is 2.27. The van der Waals surface area contributed by atoms with Crippen LogP contribution in [0.4, 0.5) is 0 Å². The van der Waals surface area contributed by atoms with E-state index in [-0.39, 0.29) is 29.9 Å². The van der Waals surface area contributed by atoms with Gasteiger partial charge >= 0.3 is 0 Å². The quantitative estimate of drug-likeness (QED) is 0.398. The average Bonchev–Trinajstić information content (AvgIpc) is 2.76. The molecule has 1 heterocycles. The van der Waals surface area contributed by atoms with E-state index in [2.05, 4.69) is 29.5 Å². The number of nitrogens with one attached hydrogen (secondary N) is 2. The van der Waals surface area contributed by atoms with Crippen molar-refractivity contribution in [1.82, 2.24) is 10.6 Å². The summed E-state index contributed by atoms with van der Waals surface area (Å²) >= 11 is 0. The highest BCUT2D eigenvalue weighted by Crippen LogP contribution is 2.19. The molecule has 2 aliphatic rings. The Hall–Kier alpha value is -0.0500. The molecule has 2 fully saturated rings. The molecule has 2 N–H and O–H groups in total. The van der Waals surface area contributed by atoms with E-state index in [0.717, 1.165) is 12.4 Å². The maximum atomic E-state index is 11.5. The summed E-state index contributed by atoms with van der Waals surface area (Å²) in [6.07, 6.45) is 7.07. The van der Waals surface area contributed by atoms with Gasteiger partial charge in [0.15, 0.2) is 15.8 Å². The molecule has 7 heteroatoms. The number of aliphatic imine (C=N–C) groups is 1. The third-order valence-corrected chi connectivity index (χ3v) is 6.04. The van der Waals surface area contributed by atoms with Crippen LogP contribution in [-0.4, -0.2) is 44.5 Å². The molecule has 1 saturated heterocycles. The van der Waals surface area contributed by atoms with E-state index >= 15 is 0 Å². The Morgan fingerprint density at radius 1 is 1.18 bits per heavy atom. The molecule has 2 rings (SSSR count). The summed E-state index contributed by atoms with van der Waals surface area (Å²) in [4.78, 5) is 4.64. The molecule has 130 valence electrons. The summed E-state index contributed by atoms with van der Waals surface area (Å²) in [5.74, 6) is 1.67. The number of nitrogens with zero attached hydrogens (tertiary/aromatic N) is 1. The van der Waals surface area contributed by atoms with E-state index in [1.165, 1.54) is 32.1 Å². The monoisotopic (exact) mass is 443 g/mol. The van der Waals surface area contributed by atoms with Gasteiger partial charge in [0.1, 0.15) is 0 Å². The Morgan fingerprint density at radius 2 is 1.86 bits per heavy atom. The predicted octanol–water partition coefficient (Wildman–Crippen LogP) is 2.32. The maximum Gasteiger partial charge on any atom is 0.191 e. The molecule has 1 aliphatic heterocycles.